The number of hydrogen-bond acceptors (Lipinski definition) is 3. The van der Waals surface area contributed by atoms with Crippen molar-refractivity contribution in [3.8, 4) is 0 Å². The van der Waals surface area contributed by atoms with Gasteiger partial charge in [0.15, 0.2) is 5.96 Å². The largest absolute Gasteiger partial charge is 0.357 e. The molecule has 1 aliphatic heterocycles. The smallest absolute Gasteiger partial charge is 0.225 e. The lowest BCUT2D eigenvalue weighted by Gasteiger charge is -2.20. The Morgan fingerprint density at radius 3 is 2.82 bits per heavy atom. The van der Waals surface area contributed by atoms with Crippen LogP contribution in [0.4, 0.5) is 0 Å². The highest BCUT2D eigenvalue weighted by Gasteiger charge is 2.27. The van der Waals surface area contributed by atoms with Gasteiger partial charge in [0.1, 0.15) is 0 Å². The van der Waals surface area contributed by atoms with Crippen LogP contribution in [-0.4, -0.2) is 61.0 Å². The lowest BCUT2D eigenvalue weighted by molar-refractivity contribution is -0.133. The molecule has 0 bridgehead atoms. The maximum absolute atomic E-state index is 12.0. The van der Waals surface area contributed by atoms with E-state index in [1.807, 2.05) is 30.5 Å². The zero-order chi connectivity index (χ0) is 16.4. The van der Waals surface area contributed by atoms with Crippen molar-refractivity contribution in [1.29, 1.82) is 0 Å². The van der Waals surface area contributed by atoms with Crippen LogP contribution in [0.15, 0.2) is 4.99 Å². The number of nitrogens with one attached hydrogen (secondary N) is 2. The van der Waals surface area contributed by atoms with E-state index in [0.717, 1.165) is 45.0 Å². The molecule has 1 unspecified atom stereocenters. The first-order chi connectivity index (χ1) is 10.6. The van der Waals surface area contributed by atoms with Crippen molar-refractivity contribution in [2.75, 3.05) is 38.2 Å². The summed E-state index contributed by atoms with van der Waals surface area (Å²) >= 11 is 1.88. The molecule has 5 nitrogen and oxygen atoms in total. The van der Waals surface area contributed by atoms with E-state index >= 15 is 0 Å². The lowest BCUT2D eigenvalue weighted by atomic mass is 10.2. The van der Waals surface area contributed by atoms with E-state index in [9.17, 15) is 4.79 Å². The summed E-state index contributed by atoms with van der Waals surface area (Å²) in [4.78, 5) is 18.6. The van der Waals surface area contributed by atoms with Gasteiger partial charge in [0.25, 0.3) is 0 Å². The van der Waals surface area contributed by atoms with Gasteiger partial charge in [-0.2, -0.15) is 11.8 Å². The predicted molar refractivity (Wildman–Crippen MR) is 96.6 cm³/mol. The highest BCUT2D eigenvalue weighted by atomic mass is 32.2. The number of nitrogens with zero attached hydrogens (tertiary/aromatic N) is 2. The van der Waals surface area contributed by atoms with Crippen LogP contribution in [0.1, 0.15) is 40.0 Å². The van der Waals surface area contributed by atoms with E-state index in [1.54, 1.807) is 0 Å². The second-order valence-corrected chi connectivity index (χ2v) is 7.02. The van der Waals surface area contributed by atoms with E-state index in [1.165, 1.54) is 12.2 Å². The molecule has 1 amide bonds. The van der Waals surface area contributed by atoms with Gasteiger partial charge >= 0.3 is 0 Å². The lowest BCUT2D eigenvalue weighted by Crippen LogP contribution is -2.45. The maximum Gasteiger partial charge on any atom is 0.225 e. The molecule has 2 N–H and O–H groups in total. The van der Waals surface area contributed by atoms with Gasteiger partial charge in [0.2, 0.25) is 5.91 Å². The molecular formula is C16H32N4OS. The topological polar surface area (TPSA) is 56.7 Å². The summed E-state index contributed by atoms with van der Waals surface area (Å²) < 4.78 is 0. The van der Waals surface area contributed by atoms with Gasteiger partial charge in [-0.05, 0) is 38.2 Å². The zero-order valence-corrected chi connectivity index (χ0v) is 15.3. The Labute approximate surface area is 139 Å². The molecule has 0 aromatic rings. The fraction of sp³-hybridized carbons (Fsp3) is 0.875. The molecule has 0 radical (unpaired) electrons. The minimum Gasteiger partial charge on any atom is -0.357 e. The van der Waals surface area contributed by atoms with Gasteiger partial charge in [-0.1, -0.05) is 13.8 Å². The van der Waals surface area contributed by atoms with E-state index in [0.29, 0.717) is 6.04 Å². The summed E-state index contributed by atoms with van der Waals surface area (Å²) in [5.41, 5.74) is 0. The van der Waals surface area contributed by atoms with Gasteiger partial charge in [-0.15, -0.1) is 0 Å². The fourth-order valence-corrected chi connectivity index (χ4v) is 3.00. The second kappa shape index (κ2) is 10.8. The van der Waals surface area contributed by atoms with Gasteiger partial charge in [0.05, 0.1) is 0 Å². The minimum atomic E-state index is 0.0806. The van der Waals surface area contributed by atoms with Gasteiger partial charge in [-0.3, -0.25) is 9.79 Å². The van der Waals surface area contributed by atoms with Crippen LogP contribution in [0.5, 0.6) is 0 Å². The molecule has 0 aromatic carbocycles. The highest BCUT2D eigenvalue weighted by Crippen LogP contribution is 2.12. The van der Waals surface area contributed by atoms with E-state index in [4.69, 9.17) is 0 Å². The molecule has 1 heterocycles. The molecule has 1 aliphatic rings. The second-order valence-electron chi connectivity index (χ2n) is 6.03. The average Bonchev–Trinajstić information content (AvgIpc) is 2.94. The molecule has 128 valence electrons. The Morgan fingerprint density at radius 2 is 2.18 bits per heavy atom. The van der Waals surface area contributed by atoms with Crippen LogP contribution >= 0.6 is 11.8 Å². The molecule has 1 atom stereocenters. The molecular weight excluding hydrogens is 296 g/mol. The van der Waals surface area contributed by atoms with Crippen molar-refractivity contribution in [3.05, 3.63) is 0 Å². The van der Waals surface area contributed by atoms with Gasteiger partial charge < -0.3 is 15.5 Å². The third-order valence-electron chi connectivity index (χ3n) is 3.71. The molecule has 0 aromatic heterocycles. The number of hydrogen-bond donors (Lipinski definition) is 2. The van der Waals surface area contributed by atoms with Crippen LogP contribution in [0.25, 0.3) is 0 Å². The highest BCUT2D eigenvalue weighted by molar-refractivity contribution is 7.98. The van der Waals surface area contributed by atoms with Crippen molar-refractivity contribution in [3.63, 3.8) is 0 Å². The number of likely N-dealkylation sites (tertiary alicyclic amines) is 1. The third-order valence-corrected chi connectivity index (χ3v) is 4.40. The summed E-state index contributed by atoms with van der Waals surface area (Å²) in [5.74, 6) is 2.42. The Balaban J connectivity index is 2.40. The maximum atomic E-state index is 12.0. The number of carbonyl (C=O) groups excluding carboxylic acids is 1. The number of carbonyl (C=O) groups is 1. The first-order valence-electron chi connectivity index (χ1n) is 8.41. The molecule has 0 aliphatic carbocycles. The SMILES string of the molecule is CCNC(=NCCCCSC)NC1CCN(C(=O)C(C)C)C1. The monoisotopic (exact) mass is 328 g/mol. The summed E-state index contributed by atoms with van der Waals surface area (Å²) in [6, 6.07) is 0.312. The summed E-state index contributed by atoms with van der Waals surface area (Å²) in [6.07, 6.45) is 5.47. The molecule has 1 saturated heterocycles. The van der Waals surface area contributed by atoms with Crippen molar-refractivity contribution in [2.24, 2.45) is 10.9 Å². The van der Waals surface area contributed by atoms with Crippen molar-refractivity contribution in [2.45, 2.75) is 46.1 Å². The molecule has 0 spiro atoms. The van der Waals surface area contributed by atoms with Crippen LogP contribution in [-0.2, 0) is 4.79 Å². The van der Waals surface area contributed by atoms with Crippen LogP contribution in [0.3, 0.4) is 0 Å². The van der Waals surface area contributed by atoms with Crippen LogP contribution in [0.2, 0.25) is 0 Å². The van der Waals surface area contributed by atoms with Gasteiger partial charge in [-0.25, -0.2) is 0 Å². The average molecular weight is 329 g/mol. The Morgan fingerprint density at radius 1 is 1.41 bits per heavy atom. The number of thioether (sulfide) groups is 1. The molecule has 1 rings (SSSR count). The number of rotatable bonds is 8. The summed E-state index contributed by atoms with van der Waals surface area (Å²) in [7, 11) is 0. The number of guanidine groups is 1. The molecule has 22 heavy (non-hydrogen) atoms. The first kappa shape index (κ1) is 19.1. The Kier molecular flexibility index (Phi) is 9.36. The molecule has 6 heteroatoms. The van der Waals surface area contributed by atoms with Crippen molar-refractivity contribution < 1.29 is 4.79 Å². The Bertz CT molecular complexity index is 360. The fourth-order valence-electron chi connectivity index (χ4n) is 2.51. The molecule has 0 saturated carbocycles. The van der Waals surface area contributed by atoms with Gasteiger partial charge in [0, 0.05) is 38.1 Å². The van der Waals surface area contributed by atoms with Crippen LogP contribution in [0, 0.1) is 5.92 Å². The normalized spacial score (nSPS) is 18.9. The van der Waals surface area contributed by atoms with E-state index < -0.39 is 0 Å². The van der Waals surface area contributed by atoms with Crippen molar-refractivity contribution in [1.82, 2.24) is 15.5 Å². The summed E-state index contributed by atoms with van der Waals surface area (Å²) in [5, 5.41) is 6.77. The van der Waals surface area contributed by atoms with Crippen LogP contribution < -0.4 is 10.6 Å². The van der Waals surface area contributed by atoms with E-state index in [-0.39, 0.29) is 11.8 Å². The standard InChI is InChI=1S/C16H32N4OS/c1-5-17-16(18-9-6-7-11-22-4)19-14-8-10-20(12-14)15(21)13(2)3/h13-14H,5-12H2,1-4H3,(H2,17,18,19). The zero-order valence-electron chi connectivity index (χ0n) is 14.5. The minimum absolute atomic E-state index is 0.0806. The molecule has 1 fully saturated rings. The number of amides is 1. The quantitative estimate of drug-likeness (QED) is 0.406. The third kappa shape index (κ3) is 6.90. The summed E-state index contributed by atoms with van der Waals surface area (Å²) in [6.45, 7) is 9.35. The predicted octanol–water partition coefficient (Wildman–Crippen LogP) is 1.94. The number of unbranched alkanes of at least 4 members (excludes halogenated alkanes) is 1. The first-order valence-corrected chi connectivity index (χ1v) is 9.80. The Hall–Kier alpha value is -0.910. The van der Waals surface area contributed by atoms with Crippen molar-refractivity contribution >= 4 is 23.6 Å². The van der Waals surface area contributed by atoms with E-state index in [2.05, 4.69) is 28.8 Å². The number of aliphatic imine (C=N–C) groups is 1.